The van der Waals surface area contributed by atoms with Crippen molar-refractivity contribution in [2.24, 2.45) is 0 Å². The van der Waals surface area contributed by atoms with Gasteiger partial charge in [0.1, 0.15) is 23.0 Å². The zero-order valence-electron chi connectivity index (χ0n) is 18.9. The van der Waals surface area contributed by atoms with Crippen molar-refractivity contribution in [3.8, 4) is 17.1 Å². The Kier molecular flexibility index (Phi) is 8.17. The molecule has 0 atom stereocenters. The summed E-state index contributed by atoms with van der Waals surface area (Å²) in [6.45, 7) is 2.47. The minimum Gasteiger partial charge on any atom is -0.497 e. The molecule has 0 spiro atoms. The average molecular weight is 463 g/mol. The summed E-state index contributed by atoms with van der Waals surface area (Å²) in [7, 11) is 1.53. The van der Waals surface area contributed by atoms with Gasteiger partial charge in [-0.3, -0.25) is 19.7 Å². The molecule has 3 rings (SSSR count). The summed E-state index contributed by atoms with van der Waals surface area (Å²) < 4.78 is 10.9. The molecule has 1 heterocycles. The van der Waals surface area contributed by atoms with Gasteiger partial charge in [0.25, 0.3) is 17.5 Å². The van der Waals surface area contributed by atoms with Gasteiger partial charge in [-0.15, -0.1) is 0 Å². The first-order chi connectivity index (χ1) is 16.4. The Morgan fingerprint density at radius 1 is 1.12 bits per heavy atom. The maximum absolute atomic E-state index is 12.8. The van der Waals surface area contributed by atoms with Crippen molar-refractivity contribution in [3.05, 3.63) is 87.8 Å². The number of nitrogens with zero attached hydrogens (tertiary/aromatic N) is 1. The molecule has 0 aliphatic carbocycles. The molecule has 176 valence electrons. The molecule has 2 N–H and O–H groups in total. The molecule has 1 aromatic heterocycles. The summed E-state index contributed by atoms with van der Waals surface area (Å²) in [6.07, 6.45) is 3.12. The predicted molar refractivity (Wildman–Crippen MR) is 127 cm³/mol. The summed E-state index contributed by atoms with van der Waals surface area (Å²) in [5.41, 5.74) is 0.820. The number of carbonyl (C=O) groups excluding carboxylic acids is 2. The van der Waals surface area contributed by atoms with Gasteiger partial charge in [0, 0.05) is 35.9 Å². The molecule has 34 heavy (non-hydrogen) atoms. The molecule has 0 unspecified atom stereocenters. The summed E-state index contributed by atoms with van der Waals surface area (Å²) >= 11 is 0. The third-order valence-corrected chi connectivity index (χ3v) is 4.92. The van der Waals surface area contributed by atoms with E-state index in [1.165, 1.54) is 25.3 Å². The summed E-state index contributed by atoms with van der Waals surface area (Å²) in [5.74, 6) is 0.377. The van der Waals surface area contributed by atoms with Crippen LogP contribution in [-0.2, 0) is 4.79 Å². The monoisotopic (exact) mass is 463 g/mol. The van der Waals surface area contributed by atoms with Crippen molar-refractivity contribution in [1.82, 2.24) is 10.6 Å². The number of amides is 2. The highest BCUT2D eigenvalue weighted by molar-refractivity contribution is 6.05. The molecule has 2 amide bonds. The van der Waals surface area contributed by atoms with Crippen LogP contribution in [0, 0.1) is 10.1 Å². The Balaban J connectivity index is 1.86. The van der Waals surface area contributed by atoms with Crippen LogP contribution in [-0.4, -0.2) is 30.4 Å². The molecule has 3 aromatic rings. The molecular formula is C25H25N3O6. The summed E-state index contributed by atoms with van der Waals surface area (Å²) in [4.78, 5) is 36.1. The van der Waals surface area contributed by atoms with Crippen LogP contribution in [0.1, 0.15) is 35.9 Å². The molecule has 9 nitrogen and oxygen atoms in total. The molecule has 0 radical (unpaired) electrons. The molecule has 0 saturated carbocycles. The van der Waals surface area contributed by atoms with Crippen molar-refractivity contribution in [2.75, 3.05) is 13.7 Å². The maximum atomic E-state index is 12.8. The van der Waals surface area contributed by atoms with Crippen LogP contribution in [0.15, 0.2) is 70.8 Å². The van der Waals surface area contributed by atoms with E-state index >= 15 is 0 Å². The lowest BCUT2D eigenvalue weighted by atomic mass is 10.1. The van der Waals surface area contributed by atoms with Gasteiger partial charge in [0.2, 0.25) is 0 Å². The number of nitrogens with one attached hydrogen (secondary N) is 2. The zero-order valence-corrected chi connectivity index (χ0v) is 18.9. The standard InChI is InChI=1S/C25H25N3O6/c1-3-4-14-26-25(30)22(27-24(29)17-8-10-20(33-2)11-9-17)16-21-12-13-23(34-21)18-6-5-7-19(15-18)28(31)32/h5-13,15-16H,3-4,14H2,1-2H3,(H,26,30)(H,27,29). The molecule has 0 aliphatic heterocycles. The first kappa shape index (κ1) is 24.2. The fourth-order valence-corrected chi connectivity index (χ4v) is 3.07. The Hall–Kier alpha value is -4.40. The number of unbranched alkanes of at least 4 members (excludes halogenated alkanes) is 1. The van der Waals surface area contributed by atoms with Gasteiger partial charge in [-0.2, -0.15) is 0 Å². The van der Waals surface area contributed by atoms with Gasteiger partial charge in [-0.1, -0.05) is 25.5 Å². The van der Waals surface area contributed by atoms with Crippen molar-refractivity contribution < 1.29 is 23.7 Å². The lowest BCUT2D eigenvalue weighted by molar-refractivity contribution is -0.384. The van der Waals surface area contributed by atoms with Crippen LogP contribution in [0.25, 0.3) is 17.4 Å². The molecule has 0 saturated heterocycles. The fraction of sp³-hybridized carbons (Fsp3) is 0.200. The second-order valence-electron chi connectivity index (χ2n) is 7.36. The second-order valence-corrected chi connectivity index (χ2v) is 7.36. The molecule has 0 fully saturated rings. The second kappa shape index (κ2) is 11.5. The minimum absolute atomic E-state index is 0.0110. The zero-order chi connectivity index (χ0) is 24.5. The van der Waals surface area contributed by atoms with Crippen LogP contribution < -0.4 is 15.4 Å². The Bertz CT molecular complexity index is 1200. The van der Waals surface area contributed by atoms with Crippen molar-refractivity contribution >= 4 is 23.6 Å². The van der Waals surface area contributed by atoms with Crippen molar-refractivity contribution in [2.45, 2.75) is 19.8 Å². The topological polar surface area (TPSA) is 124 Å². The number of carbonyl (C=O) groups is 2. The van der Waals surface area contributed by atoms with E-state index in [1.807, 2.05) is 6.92 Å². The number of ether oxygens (including phenoxy) is 1. The smallest absolute Gasteiger partial charge is 0.270 e. The number of methoxy groups -OCH3 is 1. The third kappa shape index (κ3) is 6.32. The number of furan rings is 1. The molecule has 9 heteroatoms. The molecule has 0 bridgehead atoms. The van der Waals surface area contributed by atoms with Gasteiger partial charge in [-0.25, -0.2) is 0 Å². The number of nitro groups is 1. The van der Waals surface area contributed by atoms with Crippen LogP contribution >= 0.6 is 0 Å². The first-order valence-electron chi connectivity index (χ1n) is 10.7. The lowest BCUT2D eigenvalue weighted by Gasteiger charge is -2.11. The van der Waals surface area contributed by atoms with E-state index in [-0.39, 0.29) is 11.4 Å². The van der Waals surface area contributed by atoms with E-state index in [1.54, 1.807) is 48.5 Å². The van der Waals surface area contributed by atoms with Crippen LogP contribution in [0.3, 0.4) is 0 Å². The SMILES string of the molecule is CCCCNC(=O)C(=Cc1ccc(-c2cccc([N+](=O)[O-])c2)o1)NC(=O)c1ccc(OC)cc1. The summed E-state index contributed by atoms with van der Waals surface area (Å²) in [6, 6.07) is 15.8. The Morgan fingerprint density at radius 2 is 1.88 bits per heavy atom. The van der Waals surface area contributed by atoms with Crippen molar-refractivity contribution in [3.63, 3.8) is 0 Å². The van der Waals surface area contributed by atoms with Crippen LogP contribution in [0.5, 0.6) is 5.75 Å². The van der Waals surface area contributed by atoms with Gasteiger partial charge in [0.05, 0.1) is 12.0 Å². The number of nitro benzene ring substituents is 1. The van der Waals surface area contributed by atoms with E-state index in [4.69, 9.17) is 9.15 Å². The lowest BCUT2D eigenvalue weighted by Crippen LogP contribution is -2.35. The predicted octanol–water partition coefficient (Wildman–Crippen LogP) is 4.55. The highest BCUT2D eigenvalue weighted by Crippen LogP contribution is 2.26. The van der Waals surface area contributed by atoms with E-state index < -0.39 is 16.7 Å². The quantitative estimate of drug-likeness (QED) is 0.197. The van der Waals surface area contributed by atoms with E-state index in [9.17, 15) is 19.7 Å². The number of hydrogen-bond donors (Lipinski definition) is 2. The normalized spacial score (nSPS) is 11.1. The average Bonchev–Trinajstić information content (AvgIpc) is 3.32. The largest absolute Gasteiger partial charge is 0.497 e. The van der Waals surface area contributed by atoms with Crippen molar-refractivity contribution in [1.29, 1.82) is 0 Å². The van der Waals surface area contributed by atoms with E-state index in [2.05, 4.69) is 10.6 Å². The number of benzene rings is 2. The maximum Gasteiger partial charge on any atom is 0.270 e. The molecule has 0 aliphatic rings. The van der Waals surface area contributed by atoms with Crippen LogP contribution in [0.2, 0.25) is 0 Å². The third-order valence-electron chi connectivity index (χ3n) is 4.92. The number of non-ortho nitro benzene ring substituents is 1. The first-order valence-corrected chi connectivity index (χ1v) is 10.7. The number of rotatable bonds is 10. The number of hydrogen-bond acceptors (Lipinski definition) is 6. The highest BCUT2D eigenvalue weighted by atomic mass is 16.6. The molecule has 2 aromatic carbocycles. The van der Waals surface area contributed by atoms with Gasteiger partial charge < -0.3 is 19.8 Å². The van der Waals surface area contributed by atoms with E-state index in [0.717, 1.165) is 12.8 Å². The summed E-state index contributed by atoms with van der Waals surface area (Å²) in [5, 5.41) is 16.5. The Labute approximate surface area is 196 Å². The molecular weight excluding hydrogens is 438 g/mol. The van der Waals surface area contributed by atoms with Gasteiger partial charge >= 0.3 is 0 Å². The fourth-order valence-electron chi connectivity index (χ4n) is 3.07. The Morgan fingerprint density at radius 3 is 2.56 bits per heavy atom. The van der Waals surface area contributed by atoms with E-state index in [0.29, 0.717) is 34.9 Å². The van der Waals surface area contributed by atoms with Gasteiger partial charge in [0.15, 0.2) is 0 Å². The minimum atomic E-state index is -0.485. The van der Waals surface area contributed by atoms with Crippen LogP contribution in [0.4, 0.5) is 5.69 Å². The highest BCUT2D eigenvalue weighted by Gasteiger charge is 2.16. The van der Waals surface area contributed by atoms with Gasteiger partial charge in [-0.05, 0) is 42.8 Å².